The highest BCUT2D eigenvalue weighted by Gasteiger charge is 2.52. The van der Waals surface area contributed by atoms with E-state index in [0.717, 1.165) is 23.2 Å². The van der Waals surface area contributed by atoms with Crippen LogP contribution in [0.3, 0.4) is 0 Å². The van der Waals surface area contributed by atoms with Gasteiger partial charge in [-0.2, -0.15) is 0 Å². The molecular formula is C23H26BrNOSi. The van der Waals surface area contributed by atoms with Crippen molar-refractivity contribution in [3.63, 3.8) is 0 Å². The number of nitrogens with zero attached hydrogens (tertiary/aromatic N) is 1. The first-order valence-corrected chi connectivity index (χ1v) is 12.3. The largest absolute Gasteiger partial charge is 0.533 e. The third-order valence-corrected chi connectivity index (χ3v) is 10.2. The lowest BCUT2D eigenvalue weighted by molar-refractivity contribution is 0.500. The molecule has 0 unspecified atom stereocenters. The van der Waals surface area contributed by atoms with Crippen LogP contribution in [0.4, 0.5) is 0 Å². The Morgan fingerprint density at radius 1 is 0.852 bits per heavy atom. The zero-order chi connectivity index (χ0) is 19.3. The van der Waals surface area contributed by atoms with Gasteiger partial charge in [0, 0.05) is 17.9 Å². The van der Waals surface area contributed by atoms with Crippen molar-refractivity contribution >= 4 is 34.6 Å². The standard InChI is InChI=1S/C23H26BrNOSi/c1-23(2,3)27(19-11-6-4-7-12-19,20-13-8-5-9-14-20)26-22-15-10-18-25-21(22)16-17-24/h4-15,18H,16-17H2,1-3H3. The van der Waals surface area contributed by atoms with Gasteiger partial charge < -0.3 is 4.43 Å². The Labute approximate surface area is 171 Å². The van der Waals surface area contributed by atoms with Crippen LogP contribution in [-0.2, 0) is 6.42 Å². The molecule has 4 heteroatoms. The summed E-state index contributed by atoms with van der Waals surface area (Å²) in [7, 11) is -2.61. The fourth-order valence-electron chi connectivity index (χ4n) is 3.61. The van der Waals surface area contributed by atoms with Crippen molar-refractivity contribution in [2.45, 2.75) is 32.2 Å². The number of halogens is 1. The zero-order valence-corrected chi connectivity index (χ0v) is 18.7. The molecule has 0 bridgehead atoms. The van der Waals surface area contributed by atoms with E-state index in [0.29, 0.717) is 0 Å². The normalized spacial score (nSPS) is 12.0. The molecule has 0 spiro atoms. The monoisotopic (exact) mass is 439 g/mol. The smallest absolute Gasteiger partial charge is 0.320 e. The summed E-state index contributed by atoms with van der Waals surface area (Å²) in [6.45, 7) is 6.87. The number of pyridine rings is 1. The van der Waals surface area contributed by atoms with E-state index < -0.39 is 8.32 Å². The van der Waals surface area contributed by atoms with Gasteiger partial charge in [0.15, 0.2) is 0 Å². The summed E-state index contributed by atoms with van der Waals surface area (Å²) in [5.74, 6) is 0.895. The van der Waals surface area contributed by atoms with Crippen LogP contribution in [0.2, 0.25) is 5.04 Å². The van der Waals surface area contributed by atoms with Gasteiger partial charge in [-0.1, -0.05) is 97.4 Å². The van der Waals surface area contributed by atoms with Crippen LogP contribution in [-0.4, -0.2) is 18.6 Å². The van der Waals surface area contributed by atoms with Crippen molar-refractivity contribution in [3.05, 3.63) is 84.7 Å². The Kier molecular flexibility index (Phi) is 6.17. The summed E-state index contributed by atoms with van der Waals surface area (Å²) in [6.07, 6.45) is 2.69. The van der Waals surface area contributed by atoms with Crippen molar-refractivity contribution in [3.8, 4) is 5.75 Å². The highest BCUT2D eigenvalue weighted by Crippen LogP contribution is 2.38. The third-order valence-electron chi connectivity index (χ3n) is 4.86. The van der Waals surface area contributed by atoms with E-state index in [4.69, 9.17) is 4.43 Å². The van der Waals surface area contributed by atoms with Crippen LogP contribution >= 0.6 is 15.9 Å². The third kappa shape index (κ3) is 4.02. The molecule has 140 valence electrons. The maximum Gasteiger partial charge on any atom is 0.320 e. The molecule has 27 heavy (non-hydrogen) atoms. The van der Waals surface area contributed by atoms with Crippen LogP contribution < -0.4 is 14.8 Å². The predicted octanol–water partition coefficient (Wildman–Crippen LogP) is 4.96. The summed E-state index contributed by atoms with van der Waals surface area (Å²) in [5.41, 5.74) is 1.00. The highest BCUT2D eigenvalue weighted by molar-refractivity contribution is 9.09. The number of alkyl halides is 1. The van der Waals surface area contributed by atoms with E-state index in [9.17, 15) is 0 Å². The molecule has 0 aliphatic rings. The van der Waals surface area contributed by atoms with Gasteiger partial charge in [-0.3, -0.25) is 4.98 Å². The Balaban J connectivity index is 2.25. The molecule has 3 rings (SSSR count). The van der Waals surface area contributed by atoms with E-state index in [-0.39, 0.29) is 5.04 Å². The summed E-state index contributed by atoms with van der Waals surface area (Å²) < 4.78 is 7.08. The Bertz CT molecular complexity index is 823. The molecule has 0 aliphatic heterocycles. The molecule has 0 aliphatic carbocycles. The lowest BCUT2D eigenvalue weighted by Crippen LogP contribution is -2.68. The number of rotatable bonds is 6. The van der Waals surface area contributed by atoms with Crippen molar-refractivity contribution in [1.29, 1.82) is 0 Å². The summed E-state index contributed by atoms with van der Waals surface area (Å²) in [4.78, 5) is 4.59. The van der Waals surface area contributed by atoms with Crippen molar-refractivity contribution in [2.24, 2.45) is 0 Å². The molecule has 0 saturated carbocycles. The molecule has 1 heterocycles. The lowest BCUT2D eigenvalue weighted by atomic mass is 10.2. The molecule has 1 aromatic heterocycles. The first-order valence-electron chi connectivity index (χ1n) is 9.29. The molecule has 3 aromatic rings. The second kappa shape index (κ2) is 8.40. The molecule has 0 fully saturated rings. The number of hydrogen-bond acceptors (Lipinski definition) is 2. The van der Waals surface area contributed by atoms with Crippen LogP contribution in [0, 0.1) is 0 Å². The summed E-state index contributed by atoms with van der Waals surface area (Å²) >= 11 is 3.55. The number of aromatic nitrogens is 1. The quantitative estimate of drug-likeness (QED) is 0.399. The number of hydrogen-bond donors (Lipinski definition) is 0. The minimum absolute atomic E-state index is 0.0583. The first kappa shape index (κ1) is 19.8. The van der Waals surface area contributed by atoms with Crippen molar-refractivity contribution in [2.75, 3.05) is 5.33 Å². The number of aryl methyl sites for hydroxylation is 1. The minimum atomic E-state index is -2.61. The molecule has 0 N–H and O–H groups in total. The predicted molar refractivity (Wildman–Crippen MR) is 120 cm³/mol. The fourth-order valence-corrected chi connectivity index (χ4v) is 8.43. The average Bonchev–Trinajstić information content (AvgIpc) is 2.68. The van der Waals surface area contributed by atoms with E-state index in [1.165, 1.54) is 10.4 Å². The molecule has 0 amide bonds. The van der Waals surface area contributed by atoms with Crippen LogP contribution in [0.25, 0.3) is 0 Å². The van der Waals surface area contributed by atoms with Crippen LogP contribution in [0.1, 0.15) is 26.5 Å². The lowest BCUT2D eigenvalue weighted by Gasteiger charge is -2.43. The molecular weight excluding hydrogens is 414 g/mol. The van der Waals surface area contributed by atoms with E-state index in [1.54, 1.807) is 0 Å². The molecule has 0 radical (unpaired) electrons. The van der Waals surface area contributed by atoms with Crippen molar-refractivity contribution in [1.82, 2.24) is 4.98 Å². The van der Waals surface area contributed by atoms with E-state index in [1.807, 2.05) is 12.3 Å². The molecule has 2 nitrogen and oxygen atoms in total. The van der Waals surface area contributed by atoms with Gasteiger partial charge in [0.05, 0.1) is 5.69 Å². The van der Waals surface area contributed by atoms with Gasteiger partial charge in [0.1, 0.15) is 5.75 Å². The molecule has 2 aromatic carbocycles. The van der Waals surface area contributed by atoms with Gasteiger partial charge in [-0.15, -0.1) is 0 Å². The van der Waals surface area contributed by atoms with Crippen LogP contribution in [0.15, 0.2) is 79.0 Å². The van der Waals surface area contributed by atoms with Gasteiger partial charge in [0.25, 0.3) is 0 Å². The number of benzene rings is 2. The van der Waals surface area contributed by atoms with Gasteiger partial charge in [-0.25, -0.2) is 0 Å². The molecule has 0 atom stereocenters. The maximum absolute atomic E-state index is 7.08. The van der Waals surface area contributed by atoms with Crippen molar-refractivity contribution < 1.29 is 4.43 Å². The van der Waals surface area contributed by atoms with Crippen LogP contribution in [0.5, 0.6) is 5.75 Å². The average molecular weight is 440 g/mol. The first-order chi connectivity index (χ1) is 13.0. The molecule has 0 saturated heterocycles. The van der Waals surface area contributed by atoms with Gasteiger partial charge in [0.2, 0.25) is 0 Å². The zero-order valence-electron chi connectivity index (χ0n) is 16.2. The second-order valence-electron chi connectivity index (χ2n) is 7.65. The maximum atomic E-state index is 7.08. The Hall–Kier alpha value is -1.91. The van der Waals surface area contributed by atoms with Gasteiger partial charge >= 0.3 is 8.32 Å². The topological polar surface area (TPSA) is 22.1 Å². The Morgan fingerprint density at radius 2 is 1.41 bits per heavy atom. The Morgan fingerprint density at radius 3 is 1.89 bits per heavy atom. The highest BCUT2D eigenvalue weighted by atomic mass is 79.9. The van der Waals surface area contributed by atoms with Gasteiger partial charge in [-0.05, 0) is 27.5 Å². The SMILES string of the molecule is CC(C)(C)[Si](Oc1cccnc1CCBr)(c1ccccc1)c1ccccc1. The summed E-state index contributed by atoms with van der Waals surface area (Å²) in [5, 5.41) is 3.35. The summed E-state index contributed by atoms with van der Waals surface area (Å²) in [6, 6.07) is 25.4. The minimum Gasteiger partial charge on any atom is -0.533 e. The fraction of sp³-hybridized carbons (Fsp3) is 0.261. The van der Waals surface area contributed by atoms with E-state index in [2.05, 4.69) is 108 Å². The second-order valence-corrected chi connectivity index (χ2v) is 12.7. The van der Waals surface area contributed by atoms with E-state index >= 15 is 0 Å².